The van der Waals surface area contributed by atoms with Crippen LogP contribution in [-0.4, -0.2) is 27.5 Å². The molecule has 160 valence electrons. The molecule has 0 spiro atoms. The summed E-state index contributed by atoms with van der Waals surface area (Å²) in [5.74, 6) is 1.39. The second-order valence-corrected chi connectivity index (χ2v) is 9.77. The van der Waals surface area contributed by atoms with Crippen LogP contribution in [0.4, 0.5) is 16.0 Å². The van der Waals surface area contributed by atoms with Crippen LogP contribution in [0.3, 0.4) is 0 Å². The van der Waals surface area contributed by atoms with Crippen LogP contribution in [0, 0.1) is 12.7 Å². The Kier molecular flexibility index (Phi) is 7.33. The maximum atomic E-state index is 14.6. The molecule has 3 aromatic rings. The van der Waals surface area contributed by atoms with Crippen molar-refractivity contribution in [2.75, 3.05) is 17.1 Å². The van der Waals surface area contributed by atoms with Gasteiger partial charge in [0, 0.05) is 40.7 Å². The molecule has 0 amide bonds. The molecule has 30 heavy (non-hydrogen) atoms. The molecule has 0 aliphatic heterocycles. The summed E-state index contributed by atoms with van der Waals surface area (Å²) in [6.45, 7) is 9.53. The second-order valence-electron chi connectivity index (χ2n) is 8.17. The minimum Gasteiger partial charge on any atom is -0.366 e. The van der Waals surface area contributed by atoms with Gasteiger partial charge in [0.15, 0.2) is 0 Å². The molecule has 5 nitrogen and oxygen atoms in total. The number of nitrogens with zero attached hydrogens (tertiary/aromatic N) is 3. The summed E-state index contributed by atoms with van der Waals surface area (Å²) in [6.07, 6.45) is 1.80. The quantitative estimate of drug-likeness (QED) is 0.418. The van der Waals surface area contributed by atoms with Gasteiger partial charge in [0.25, 0.3) is 0 Å². The third-order valence-electron chi connectivity index (χ3n) is 4.96. The normalized spacial score (nSPS) is 11.7. The zero-order valence-electron chi connectivity index (χ0n) is 18.0. The number of thiazole rings is 1. The van der Waals surface area contributed by atoms with Crippen molar-refractivity contribution in [3.05, 3.63) is 63.9 Å². The Balaban J connectivity index is 1.68. The van der Waals surface area contributed by atoms with Crippen LogP contribution in [-0.2, 0) is 13.1 Å². The molecule has 8 heteroatoms. The third-order valence-corrected chi connectivity index (χ3v) is 6.32. The maximum absolute atomic E-state index is 14.6. The Morgan fingerprint density at radius 1 is 1.23 bits per heavy atom. The van der Waals surface area contributed by atoms with Crippen LogP contribution in [0.25, 0.3) is 0 Å². The molecule has 0 radical (unpaired) electrons. The van der Waals surface area contributed by atoms with Crippen molar-refractivity contribution in [1.82, 2.24) is 14.9 Å². The van der Waals surface area contributed by atoms with Crippen molar-refractivity contribution in [1.29, 1.82) is 0 Å². The number of aryl methyl sites for hydroxylation is 1. The van der Waals surface area contributed by atoms with Crippen molar-refractivity contribution in [3.63, 3.8) is 0 Å². The number of rotatable bonds is 8. The van der Waals surface area contributed by atoms with E-state index in [4.69, 9.17) is 0 Å². The van der Waals surface area contributed by atoms with Crippen LogP contribution in [0.1, 0.15) is 37.5 Å². The Morgan fingerprint density at radius 3 is 2.70 bits per heavy atom. The number of aromatic nitrogens is 2. The largest absolute Gasteiger partial charge is 0.366 e. The number of anilines is 2. The molecule has 3 rings (SSSR count). The predicted octanol–water partition coefficient (Wildman–Crippen LogP) is 5.95. The number of hydrogen-bond donors (Lipinski definition) is 2. The highest BCUT2D eigenvalue weighted by molar-refractivity contribution is 8.00. The molecule has 2 heterocycles. The Bertz CT molecular complexity index is 970. The van der Waals surface area contributed by atoms with Gasteiger partial charge < -0.3 is 10.0 Å². The van der Waals surface area contributed by atoms with E-state index in [-0.39, 0.29) is 11.4 Å². The summed E-state index contributed by atoms with van der Waals surface area (Å²) in [4.78, 5) is 11.9. The molecular weight excluding hydrogens is 417 g/mol. The van der Waals surface area contributed by atoms with Gasteiger partial charge in [-0.2, -0.15) is 0 Å². The highest BCUT2D eigenvalue weighted by Crippen LogP contribution is 2.25. The third kappa shape index (κ3) is 5.93. The number of benzene rings is 1. The molecule has 0 saturated carbocycles. The number of nitrogens with one attached hydrogen (secondary N) is 2. The van der Waals surface area contributed by atoms with E-state index in [1.54, 1.807) is 29.1 Å². The van der Waals surface area contributed by atoms with Crippen LogP contribution in [0.5, 0.6) is 0 Å². The molecule has 2 N–H and O–H groups in total. The van der Waals surface area contributed by atoms with Gasteiger partial charge in [-0.05, 0) is 70.0 Å². The molecule has 0 saturated heterocycles. The van der Waals surface area contributed by atoms with E-state index in [1.165, 1.54) is 18.0 Å². The molecule has 2 aromatic heterocycles. The maximum Gasteiger partial charge on any atom is 0.147 e. The zero-order chi connectivity index (χ0) is 21.7. The highest BCUT2D eigenvalue weighted by atomic mass is 32.2. The van der Waals surface area contributed by atoms with Crippen molar-refractivity contribution in [2.24, 2.45) is 0 Å². The van der Waals surface area contributed by atoms with Gasteiger partial charge in [-0.25, -0.2) is 14.4 Å². The summed E-state index contributed by atoms with van der Waals surface area (Å²) < 4.78 is 17.8. The van der Waals surface area contributed by atoms with Gasteiger partial charge in [0.1, 0.15) is 17.5 Å². The van der Waals surface area contributed by atoms with Crippen molar-refractivity contribution < 1.29 is 4.39 Å². The fraction of sp³-hybridized carbons (Fsp3) is 0.364. The Hall–Kier alpha value is -2.16. The summed E-state index contributed by atoms with van der Waals surface area (Å²) in [5, 5.41) is 5.26. The fourth-order valence-electron chi connectivity index (χ4n) is 2.78. The van der Waals surface area contributed by atoms with E-state index in [0.29, 0.717) is 18.7 Å². The minimum atomic E-state index is -0.195. The SMILES string of the molecule is Cc1cc(SNc2cscn2)cnc1NCc1c(F)cccc1CN(C)C(C)(C)C. The first-order chi connectivity index (χ1) is 14.2. The first-order valence-electron chi connectivity index (χ1n) is 9.73. The Morgan fingerprint density at radius 2 is 2.03 bits per heavy atom. The monoisotopic (exact) mass is 445 g/mol. The molecule has 0 aliphatic carbocycles. The summed E-state index contributed by atoms with van der Waals surface area (Å²) in [5.41, 5.74) is 4.46. The van der Waals surface area contributed by atoms with Crippen LogP contribution in [0.2, 0.25) is 0 Å². The molecule has 0 unspecified atom stereocenters. The van der Waals surface area contributed by atoms with Gasteiger partial charge in [-0.15, -0.1) is 11.3 Å². The van der Waals surface area contributed by atoms with Gasteiger partial charge >= 0.3 is 0 Å². The summed E-state index contributed by atoms with van der Waals surface area (Å²) in [6, 6.07) is 7.33. The smallest absolute Gasteiger partial charge is 0.147 e. The van der Waals surface area contributed by atoms with Crippen LogP contribution in [0.15, 0.2) is 46.2 Å². The lowest BCUT2D eigenvalue weighted by Crippen LogP contribution is -2.37. The van der Waals surface area contributed by atoms with E-state index < -0.39 is 0 Å². The average Bonchev–Trinajstić information content (AvgIpc) is 3.20. The van der Waals surface area contributed by atoms with Gasteiger partial charge in [0.05, 0.1) is 5.51 Å². The number of halogens is 1. The number of hydrogen-bond acceptors (Lipinski definition) is 7. The van der Waals surface area contributed by atoms with E-state index >= 15 is 0 Å². The first kappa shape index (κ1) is 22.5. The average molecular weight is 446 g/mol. The van der Waals surface area contributed by atoms with Crippen molar-refractivity contribution in [3.8, 4) is 0 Å². The van der Waals surface area contributed by atoms with Crippen LogP contribution < -0.4 is 10.0 Å². The van der Waals surface area contributed by atoms with Gasteiger partial charge in [-0.3, -0.25) is 4.90 Å². The van der Waals surface area contributed by atoms with E-state index in [1.807, 2.05) is 18.4 Å². The first-order valence-corrected chi connectivity index (χ1v) is 11.5. The molecule has 0 aliphatic rings. The summed E-state index contributed by atoms with van der Waals surface area (Å²) in [7, 11) is 2.06. The molecule has 0 bridgehead atoms. The topological polar surface area (TPSA) is 53.1 Å². The second kappa shape index (κ2) is 9.76. The fourth-order valence-corrected chi connectivity index (χ4v) is 4.01. The van der Waals surface area contributed by atoms with Crippen molar-refractivity contribution in [2.45, 2.75) is 51.2 Å². The molecule has 0 fully saturated rings. The zero-order valence-corrected chi connectivity index (χ0v) is 19.6. The van der Waals surface area contributed by atoms with Gasteiger partial charge in [-0.1, -0.05) is 12.1 Å². The van der Waals surface area contributed by atoms with Gasteiger partial charge in [0.2, 0.25) is 0 Å². The van der Waals surface area contributed by atoms with E-state index in [0.717, 1.165) is 27.7 Å². The molecule has 0 atom stereocenters. The lowest BCUT2D eigenvalue weighted by molar-refractivity contribution is 0.167. The minimum absolute atomic E-state index is 0.00916. The lowest BCUT2D eigenvalue weighted by Gasteiger charge is -2.32. The van der Waals surface area contributed by atoms with Crippen molar-refractivity contribution >= 4 is 34.9 Å². The highest BCUT2D eigenvalue weighted by Gasteiger charge is 2.19. The van der Waals surface area contributed by atoms with E-state index in [9.17, 15) is 4.39 Å². The molecule has 1 aromatic carbocycles. The molecular formula is C22H28FN5S2. The Labute approximate surface area is 186 Å². The predicted molar refractivity (Wildman–Crippen MR) is 126 cm³/mol. The summed E-state index contributed by atoms with van der Waals surface area (Å²) >= 11 is 3.01. The number of pyridine rings is 1. The standard InChI is InChI=1S/C22H28FN5S2/c1-15-9-17(30-27-20-13-29-14-26-20)10-24-21(15)25-11-18-16(7-6-8-19(18)23)12-28(5)22(2,3)4/h6-10,13-14,27H,11-12H2,1-5H3,(H,24,25). The van der Waals surface area contributed by atoms with Crippen LogP contribution >= 0.6 is 23.3 Å². The van der Waals surface area contributed by atoms with E-state index in [2.05, 4.69) is 58.8 Å². The lowest BCUT2D eigenvalue weighted by atomic mass is 10.0.